The molecule has 0 saturated heterocycles. The predicted octanol–water partition coefficient (Wildman–Crippen LogP) is 3.67. The molecule has 1 heterocycles. The van der Waals surface area contributed by atoms with Crippen LogP contribution in [0.3, 0.4) is 0 Å². The van der Waals surface area contributed by atoms with Gasteiger partial charge in [0.1, 0.15) is 0 Å². The third-order valence-corrected chi connectivity index (χ3v) is 4.36. The molecule has 4 nitrogen and oxygen atoms in total. The van der Waals surface area contributed by atoms with Gasteiger partial charge in [0.25, 0.3) is 0 Å². The number of halogens is 1. The Kier molecular flexibility index (Phi) is 4.52. The highest BCUT2D eigenvalue weighted by Gasteiger charge is 2.08. The lowest BCUT2D eigenvalue weighted by molar-refractivity contribution is 0.603. The van der Waals surface area contributed by atoms with Gasteiger partial charge in [-0.05, 0) is 27.6 Å². The number of hydrogen-bond donors (Lipinski definition) is 0. The zero-order valence-corrected chi connectivity index (χ0v) is 12.8. The summed E-state index contributed by atoms with van der Waals surface area (Å²) in [5.41, 5.74) is 2.25. The minimum absolute atomic E-state index is 0.665. The Hall–Kier alpha value is -1.85. The van der Waals surface area contributed by atoms with E-state index in [0.29, 0.717) is 6.54 Å². The lowest BCUT2D eigenvalue weighted by Gasteiger charge is -2.05. The normalized spacial score (nSPS) is 10.7. The first-order valence-corrected chi connectivity index (χ1v) is 7.85. The van der Waals surface area contributed by atoms with E-state index in [1.807, 2.05) is 42.5 Å². The summed E-state index contributed by atoms with van der Waals surface area (Å²) in [7, 11) is 0. The van der Waals surface area contributed by atoms with Crippen LogP contribution in [-0.4, -0.2) is 20.2 Å². The van der Waals surface area contributed by atoms with Gasteiger partial charge < -0.3 is 0 Å². The Labute approximate surface area is 132 Å². The van der Waals surface area contributed by atoms with Gasteiger partial charge in [-0.2, -0.15) is 0 Å². The Morgan fingerprint density at radius 3 is 2.57 bits per heavy atom. The summed E-state index contributed by atoms with van der Waals surface area (Å²) in [4.78, 5) is 0. The van der Waals surface area contributed by atoms with Gasteiger partial charge in [0.2, 0.25) is 5.16 Å². The fourth-order valence-electron chi connectivity index (χ4n) is 1.91. The summed E-state index contributed by atoms with van der Waals surface area (Å²) in [5.74, 6) is 0.745. The number of benzene rings is 2. The fourth-order valence-corrected chi connectivity index (χ4v) is 3.08. The van der Waals surface area contributed by atoms with E-state index in [-0.39, 0.29) is 0 Å². The van der Waals surface area contributed by atoms with Gasteiger partial charge in [0, 0.05) is 10.8 Å². The SMILES string of the molecule is Clc1ccccc1CSc1nnnn1Cc1ccccc1. The minimum atomic E-state index is 0.665. The Morgan fingerprint density at radius 2 is 1.76 bits per heavy atom. The minimum Gasteiger partial charge on any atom is -0.216 e. The number of thioether (sulfide) groups is 1. The van der Waals surface area contributed by atoms with Gasteiger partial charge in [0.15, 0.2) is 0 Å². The lowest BCUT2D eigenvalue weighted by atomic mass is 10.2. The number of nitrogens with zero attached hydrogens (tertiary/aromatic N) is 4. The molecule has 0 aliphatic heterocycles. The van der Waals surface area contributed by atoms with Crippen LogP contribution in [0.2, 0.25) is 5.02 Å². The quantitative estimate of drug-likeness (QED) is 0.674. The number of hydrogen-bond acceptors (Lipinski definition) is 4. The first-order valence-electron chi connectivity index (χ1n) is 6.49. The highest BCUT2D eigenvalue weighted by atomic mass is 35.5. The summed E-state index contributed by atoms with van der Waals surface area (Å²) in [6.07, 6.45) is 0. The van der Waals surface area contributed by atoms with Crippen LogP contribution in [0.25, 0.3) is 0 Å². The first kappa shape index (κ1) is 14.1. The zero-order valence-electron chi connectivity index (χ0n) is 11.2. The number of rotatable bonds is 5. The van der Waals surface area contributed by atoms with Gasteiger partial charge >= 0.3 is 0 Å². The summed E-state index contributed by atoms with van der Waals surface area (Å²) >= 11 is 7.74. The van der Waals surface area contributed by atoms with Gasteiger partial charge in [-0.1, -0.05) is 71.9 Å². The Morgan fingerprint density at radius 1 is 1.00 bits per heavy atom. The van der Waals surface area contributed by atoms with Crippen molar-refractivity contribution in [2.24, 2.45) is 0 Å². The van der Waals surface area contributed by atoms with E-state index in [0.717, 1.165) is 21.5 Å². The largest absolute Gasteiger partial charge is 0.216 e. The standard InChI is InChI=1S/C15H13ClN4S/c16-14-9-5-4-8-13(14)11-21-15-17-18-19-20(15)10-12-6-2-1-3-7-12/h1-9H,10-11H2. The van der Waals surface area contributed by atoms with Crippen LogP contribution in [0, 0.1) is 0 Å². The van der Waals surface area contributed by atoms with Gasteiger partial charge in [-0.25, -0.2) is 4.68 Å². The maximum atomic E-state index is 6.16. The summed E-state index contributed by atoms with van der Waals surface area (Å²) < 4.78 is 1.80. The molecule has 3 rings (SSSR count). The molecular formula is C15H13ClN4S. The molecular weight excluding hydrogens is 304 g/mol. The van der Waals surface area contributed by atoms with Crippen LogP contribution in [-0.2, 0) is 12.3 Å². The second-order valence-corrected chi connectivity index (χ2v) is 5.83. The third-order valence-electron chi connectivity index (χ3n) is 2.99. The molecule has 2 aromatic carbocycles. The number of tetrazole rings is 1. The predicted molar refractivity (Wildman–Crippen MR) is 84.4 cm³/mol. The molecule has 3 aromatic rings. The van der Waals surface area contributed by atoms with Crippen molar-refractivity contribution in [1.82, 2.24) is 20.2 Å². The van der Waals surface area contributed by atoms with E-state index in [1.54, 1.807) is 16.4 Å². The topological polar surface area (TPSA) is 43.6 Å². The summed E-state index contributed by atoms with van der Waals surface area (Å²) in [6, 6.07) is 18.0. The average molecular weight is 317 g/mol. The highest BCUT2D eigenvalue weighted by Crippen LogP contribution is 2.25. The van der Waals surface area contributed by atoms with Crippen molar-refractivity contribution in [1.29, 1.82) is 0 Å². The van der Waals surface area contributed by atoms with E-state index in [4.69, 9.17) is 11.6 Å². The Bertz CT molecular complexity index is 714. The maximum absolute atomic E-state index is 6.16. The lowest BCUT2D eigenvalue weighted by Crippen LogP contribution is -2.03. The summed E-state index contributed by atoms with van der Waals surface area (Å²) in [6.45, 7) is 0.665. The molecule has 0 radical (unpaired) electrons. The molecule has 0 aliphatic rings. The Balaban J connectivity index is 1.70. The van der Waals surface area contributed by atoms with Crippen molar-refractivity contribution in [2.45, 2.75) is 17.5 Å². The molecule has 0 spiro atoms. The molecule has 6 heteroatoms. The van der Waals surface area contributed by atoms with Crippen molar-refractivity contribution in [3.8, 4) is 0 Å². The van der Waals surface area contributed by atoms with E-state index in [2.05, 4.69) is 27.7 Å². The molecule has 0 N–H and O–H groups in total. The van der Waals surface area contributed by atoms with Gasteiger partial charge in [0.05, 0.1) is 6.54 Å². The second kappa shape index (κ2) is 6.74. The molecule has 0 amide bonds. The highest BCUT2D eigenvalue weighted by molar-refractivity contribution is 7.98. The van der Waals surface area contributed by atoms with Crippen molar-refractivity contribution in [2.75, 3.05) is 0 Å². The monoisotopic (exact) mass is 316 g/mol. The molecule has 0 aliphatic carbocycles. The molecule has 0 bridgehead atoms. The summed E-state index contributed by atoms with van der Waals surface area (Å²) in [5, 5.41) is 13.4. The zero-order chi connectivity index (χ0) is 14.5. The van der Waals surface area contributed by atoms with Crippen LogP contribution >= 0.6 is 23.4 Å². The van der Waals surface area contributed by atoms with Crippen molar-refractivity contribution < 1.29 is 0 Å². The maximum Gasteiger partial charge on any atom is 0.209 e. The van der Waals surface area contributed by atoms with Crippen LogP contribution in [0.4, 0.5) is 0 Å². The molecule has 106 valence electrons. The number of aromatic nitrogens is 4. The third kappa shape index (κ3) is 3.62. The van der Waals surface area contributed by atoms with Crippen LogP contribution < -0.4 is 0 Å². The van der Waals surface area contributed by atoms with Crippen LogP contribution in [0.1, 0.15) is 11.1 Å². The molecule has 0 atom stereocenters. The van der Waals surface area contributed by atoms with E-state index >= 15 is 0 Å². The van der Waals surface area contributed by atoms with Crippen molar-refractivity contribution in [3.63, 3.8) is 0 Å². The molecule has 21 heavy (non-hydrogen) atoms. The average Bonchev–Trinajstić information content (AvgIpc) is 2.95. The van der Waals surface area contributed by atoms with Crippen molar-refractivity contribution in [3.05, 3.63) is 70.7 Å². The van der Waals surface area contributed by atoms with Crippen LogP contribution in [0.15, 0.2) is 59.8 Å². The fraction of sp³-hybridized carbons (Fsp3) is 0.133. The molecule has 0 unspecified atom stereocenters. The second-order valence-electron chi connectivity index (χ2n) is 4.48. The smallest absolute Gasteiger partial charge is 0.209 e. The molecule has 0 fully saturated rings. The van der Waals surface area contributed by atoms with Gasteiger partial charge in [-0.3, -0.25) is 0 Å². The van der Waals surface area contributed by atoms with Gasteiger partial charge in [-0.15, -0.1) is 5.10 Å². The molecule has 0 saturated carbocycles. The van der Waals surface area contributed by atoms with E-state index in [1.165, 1.54) is 5.56 Å². The van der Waals surface area contributed by atoms with E-state index in [9.17, 15) is 0 Å². The van der Waals surface area contributed by atoms with Crippen molar-refractivity contribution >= 4 is 23.4 Å². The molecule has 1 aromatic heterocycles. The first-order chi connectivity index (χ1) is 10.3. The van der Waals surface area contributed by atoms with Crippen LogP contribution in [0.5, 0.6) is 0 Å². The van der Waals surface area contributed by atoms with E-state index < -0.39 is 0 Å².